The van der Waals surface area contributed by atoms with Crippen LogP contribution in [0.25, 0.3) is 6.08 Å². The first kappa shape index (κ1) is 27.3. The van der Waals surface area contributed by atoms with E-state index in [1.54, 1.807) is 30.3 Å². The zero-order chi connectivity index (χ0) is 28.3. The number of hydrogen-bond acceptors (Lipinski definition) is 9. The molecule has 3 aromatic carbocycles. The van der Waals surface area contributed by atoms with Gasteiger partial charge in [-0.25, -0.2) is 0 Å². The lowest BCUT2D eigenvalue weighted by atomic mass is 10.2. The molecule has 0 atom stereocenters. The first-order valence-electron chi connectivity index (χ1n) is 11.0. The van der Waals surface area contributed by atoms with Crippen molar-refractivity contribution in [3.8, 4) is 11.5 Å². The van der Waals surface area contributed by atoms with Gasteiger partial charge in [-0.15, -0.1) is 0 Å². The zero-order valence-corrected chi connectivity index (χ0v) is 21.5. The number of ether oxygens (including phenoxy) is 1. The van der Waals surface area contributed by atoms with Crippen molar-refractivity contribution in [2.24, 2.45) is 0 Å². The molecular weight excluding hydrogens is 552 g/mol. The maximum absolute atomic E-state index is 12.8. The van der Waals surface area contributed by atoms with Crippen LogP contribution in [0, 0.1) is 27.2 Å². The summed E-state index contributed by atoms with van der Waals surface area (Å²) in [5.74, 6) is -1.32. The van der Waals surface area contributed by atoms with Gasteiger partial charge < -0.3 is 10.1 Å². The molecule has 4 rings (SSSR count). The first-order valence-corrected chi connectivity index (χ1v) is 12.2. The predicted molar refractivity (Wildman–Crippen MR) is 144 cm³/mol. The Balaban J connectivity index is 1.48. The number of thioether (sulfide) groups is 1. The van der Waals surface area contributed by atoms with E-state index in [9.17, 15) is 34.6 Å². The number of amides is 3. The number of halogens is 1. The van der Waals surface area contributed by atoms with Gasteiger partial charge >= 0.3 is 5.69 Å². The molecule has 1 aliphatic heterocycles. The molecule has 14 heteroatoms. The average molecular weight is 569 g/mol. The number of rotatable bonds is 8. The highest BCUT2D eigenvalue weighted by Gasteiger charge is 2.36. The van der Waals surface area contributed by atoms with E-state index in [1.165, 1.54) is 18.2 Å². The van der Waals surface area contributed by atoms with Crippen LogP contribution >= 0.6 is 23.4 Å². The van der Waals surface area contributed by atoms with Crippen molar-refractivity contribution in [2.45, 2.75) is 6.92 Å². The van der Waals surface area contributed by atoms with E-state index in [1.807, 2.05) is 6.92 Å². The van der Waals surface area contributed by atoms with Gasteiger partial charge in [-0.05, 0) is 66.2 Å². The summed E-state index contributed by atoms with van der Waals surface area (Å²) in [5.41, 5.74) is 0.618. The molecule has 39 heavy (non-hydrogen) atoms. The van der Waals surface area contributed by atoms with Gasteiger partial charge in [-0.1, -0.05) is 29.8 Å². The fraction of sp³-hybridized carbons (Fsp3) is 0.0800. The number of carbonyl (C=O) groups is 3. The standard InChI is InChI=1S/C25H17ClN4O8S/c1-14-5-6-16(11-19(14)26)27-23(31)13-28-24(32)22(39-25(28)33)10-15-3-2-4-18(9-15)38-21-8-7-17(29(34)35)12-20(21)30(36)37/h2-12H,13H2,1H3,(H,27,31)/b22-10+. The lowest BCUT2D eigenvalue weighted by molar-refractivity contribution is -0.394. The quantitative estimate of drug-likeness (QED) is 0.197. The molecule has 3 amide bonds. The number of nitro groups is 2. The SMILES string of the molecule is Cc1ccc(NC(=O)CN2C(=O)S/C(=C/c3cccc(Oc4ccc([N+](=O)[O-])cc4[N+](=O)[O-])c3)C2=O)cc1Cl. The number of hydrogen-bond donors (Lipinski definition) is 1. The first-order chi connectivity index (χ1) is 18.5. The van der Waals surface area contributed by atoms with Crippen LogP contribution in [-0.2, 0) is 9.59 Å². The number of benzene rings is 3. The van der Waals surface area contributed by atoms with Crippen molar-refractivity contribution in [1.29, 1.82) is 0 Å². The summed E-state index contributed by atoms with van der Waals surface area (Å²) >= 11 is 6.71. The predicted octanol–water partition coefficient (Wildman–Crippen LogP) is 5.93. The van der Waals surface area contributed by atoms with Crippen LogP contribution in [-0.4, -0.2) is 38.3 Å². The van der Waals surface area contributed by atoms with Crippen molar-refractivity contribution < 1.29 is 29.0 Å². The Bertz CT molecular complexity index is 1580. The van der Waals surface area contributed by atoms with Gasteiger partial charge in [0.15, 0.2) is 0 Å². The number of non-ortho nitro benzene ring substituents is 1. The third kappa shape index (κ3) is 6.40. The maximum Gasteiger partial charge on any atom is 0.318 e. The molecule has 1 saturated heterocycles. The fourth-order valence-electron chi connectivity index (χ4n) is 3.45. The zero-order valence-electron chi connectivity index (χ0n) is 20.0. The topological polar surface area (TPSA) is 162 Å². The summed E-state index contributed by atoms with van der Waals surface area (Å²) in [6.07, 6.45) is 1.42. The van der Waals surface area contributed by atoms with E-state index in [0.717, 1.165) is 28.7 Å². The molecule has 1 fully saturated rings. The highest BCUT2D eigenvalue weighted by atomic mass is 35.5. The van der Waals surface area contributed by atoms with E-state index in [-0.39, 0.29) is 16.4 Å². The molecule has 1 N–H and O–H groups in total. The van der Waals surface area contributed by atoms with Crippen LogP contribution < -0.4 is 10.1 Å². The second kappa shape index (κ2) is 11.3. The Morgan fingerprint density at radius 2 is 1.85 bits per heavy atom. The van der Waals surface area contributed by atoms with Gasteiger partial charge in [0.1, 0.15) is 12.3 Å². The third-order valence-corrected chi connectivity index (χ3v) is 6.68. The van der Waals surface area contributed by atoms with Crippen LogP contribution in [0.3, 0.4) is 0 Å². The highest BCUT2D eigenvalue weighted by molar-refractivity contribution is 8.18. The molecule has 198 valence electrons. The van der Waals surface area contributed by atoms with E-state index < -0.39 is 44.8 Å². The third-order valence-electron chi connectivity index (χ3n) is 5.36. The average Bonchev–Trinajstić information content (AvgIpc) is 3.13. The minimum absolute atomic E-state index is 0.0599. The molecular formula is C25H17ClN4O8S. The van der Waals surface area contributed by atoms with Gasteiger partial charge in [0.2, 0.25) is 11.7 Å². The second-order valence-electron chi connectivity index (χ2n) is 8.12. The number of imide groups is 1. The van der Waals surface area contributed by atoms with Crippen molar-refractivity contribution in [3.05, 3.63) is 102 Å². The molecule has 0 spiro atoms. The van der Waals surface area contributed by atoms with E-state index in [4.69, 9.17) is 16.3 Å². The Morgan fingerprint density at radius 3 is 2.54 bits per heavy atom. The Kier molecular flexibility index (Phi) is 7.93. The molecule has 0 unspecified atom stereocenters. The van der Waals surface area contributed by atoms with Gasteiger partial charge in [-0.3, -0.25) is 39.5 Å². The van der Waals surface area contributed by atoms with E-state index >= 15 is 0 Å². The van der Waals surface area contributed by atoms with Crippen LogP contribution in [0.1, 0.15) is 11.1 Å². The number of carbonyl (C=O) groups excluding carboxylic acids is 3. The molecule has 1 aliphatic rings. The maximum atomic E-state index is 12.8. The van der Waals surface area contributed by atoms with E-state index in [0.29, 0.717) is 28.0 Å². The molecule has 12 nitrogen and oxygen atoms in total. The number of aryl methyl sites for hydroxylation is 1. The smallest absolute Gasteiger partial charge is 0.318 e. The van der Waals surface area contributed by atoms with Crippen molar-refractivity contribution in [2.75, 3.05) is 11.9 Å². The van der Waals surface area contributed by atoms with Gasteiger partial charge in [0.05, 0.1) is 20.8 Å². The van der Waals surface area contributed by atoms with Crippen LogP contribution in [0.4, 0.5) is 21.9 Å². The number of anilines is 1. The van der Waals surface area contributed by atoms with Gasteiger partial charge in [-0.2, -0.15) is 0 Å². The normalized spacial score (nSPS) is 14.0. The summed E-state index contributed by atoms with van der Waals surface area (Å²) in [7, 11) is 0. The molecule has 1 heterocycles. The van der Waals surface area contributed by atoms with E-state index in [2.05, 4.69) is 5.32 Å². The van der Waals surface area contributed by atoms with Crippen LogP contribution in [0.5, 0.6) is 11.5 Å². The van der Waals surface area contributed by atoms with Crippen molar-refractivity contribution in [3.63, 3.8) is 0 Å². The lowest BCUT2D eigenvalue weighted by Crippen LogP contribution is -2.36. The summed E-state index contributed by atoms with van der Waals surface area (Å²) in [5, 5.41) is 24.7. The second-order valence-corrected chi connectivity index (χ2v) is 9.52. The number of nitrogens with zero attached hydrogens (tertiary/aromatic N) is 3. The Morgan fingerprint density at radius 1 is 1.08 bits per heavy atom. The minimum Gasteiger partial charge on any atom is -0.450 e. The summed E-state index contributed by atoms with van der Waals surface area (Å²) in [4.78, 5) is 59.4. The van der Waals surface area contributed by atoms with Crippen LogP contribution in [0.15, 0.2) is 65.6 Å². The molecule has 0 aliphatic carbocycles. The van der Waals surface area contributed by atoms with Crippen LogP contribution in [0.2, 0.25) is 5.02 Å². The summed E-state index contributed by atoms with van der Waals surface area (Å²) < 4.78 is 5.58. The molecule has 0 saturated carbocycles. The van der Waals surface area contributed by atoms with Gasteiger partial charge in [0.25, 0.3) is 16.8 Å². The monoisotopic (exact) mass is 568 g/mol. The fourth-order valence-corrected chi connectivity index (χ4v) is 4.46. The summed E-state index contributed by atoms with van der Waals surface area (Å²) in [6.45, 7) is 1.31. The largest absolute Gasteiger partial charge is 0.450 e. The Hall–Kier alpha value is -4.75. The molecule has 3 aromatic rings. The van der Waals surface area contributed by atoms with Gasteiger partial charge in [0, 0.05) is 16.8 Å². The molecule has 0 radical (unpaired) electrons. The lowest BCUT2D eigenvalue weighted by Gasteiger charge is -2.13. The molecule has 0 bridgehead atoms. The Labute approximate surface area is 229 Å². The molecule has 0 aromatic heterocycles. The number of nitro benzene ring substituents is 2. The highest BCUT2D eigenvalue weighted by Crippen LogP contribution is 2.36. The van der Waals surface area contributed by atoms with Crippen molar-refractivity contribution >= 4 is 63.6 Å². The minimum atomic E-state index is -0.800. The van der Waals surface area contributed by atoms with Crippen molar-refractivity contribution in [1.82, 2.24) is 4.90 Å². The number of nitrogens with one attached hydrogen (secondary N) is 1. The summed E-state index contributed by atoms with van der Waals surface area (Å²) in [6, 6.07) is 14.0.